The third-order valence-corrected chi connectivity index (χ3v) is 3.41. The highest BCUT2D eigenvalue weighted by Gasteiger charge is 2.17. The zero-order chi connectivity index (χ0) is 13.4. The van der Waals surface area contributed by atoms with Gasteiger partial charge >= 0.3 is 0 Å². The van der Waals surface area contributed by atoms with Crippen molar-refractivity contribution in [2.45, 2.75) is 13.8 Å². The van der Waals surface area contributed by atoms with Crippen LogP contribution in [0.15, 0.2) is 22.7 Å². The van der Waals surface area contributed by atoms with Gasteiger partial charge in [-0.25, -0.2) is 8.78 Å². The van der Waals surface area contributed by atoms with Gasteiger partial charge in [-0.3, -0.25) is 4.79 Å². The van der Waals surface area contributed by atoms with E-state index in [1.165, 1.54) is 6.07 Å². The Bertz CT molecular complexity index is 611. The number of aryl methyl sites for hydroxylation is 1. The van der Waals surface area contributed by atoms with Crippen LogP contribution in [0.1, 0.15) is 21.7 Å². The number of aromatic nitrogens is 1. The topological polar surface area (TPSA) is 22.0 Å². The van der Waals surface area contributed by atoms with Crippen molar-refractivity contribution >= 4 is 22.2 Å². The molecule has 0 aliphatic heterocycles. The molecule has 0 saturated heterocycles. The molecule has 0 atom stereocenters. The Kier molecular flexibility index (Phi) is 3.34. The van der Waals surface area contributed by atoms with Crippen LogP contribution in [0.3, 0.4) is 0 Å². The van der Waals surface area contributed by atoms with Gasteiger partial charge in [0, 0.05) is 27.5 Å². The van der Waals surface area contributed by atoms with Gasteiger partial charge in [-0.1, -0.05) is 0 Å². The fourth-order valence-electron chi connectivity index (χ4n) is 2.00. The summed E-state index contributed by atoms with van der Waals surface area (Å²) in [5.41, 5.74) is 2.03. The summed E-state index contributed by atoms with van der Waals surface area (Å²) >= 11 is 3.14. The third-order valence-electron chi connectivity index (χ3n) is 2.80. The van der Waals surface area contributed by atoms with E-state index in [-0.39, 0.29) is 5.69 Å². The summed E-state index contributed by atoms with van der Waals surface area (Å²) in [6.45, 7) is 3.47. The lowest BCUT2D eigenvalue weighted by molar-refractivity contribution is 0.112. The molecule has 0 aliphatic rings. The van der Waals surface area contributed by atoms with Gasteiger partial charge in [0.25, 0.3) is 0 Å². The maximum Gasteiger partial charge on any atom is 0.151 e. The van der Waals surface area contributed by atoms with Crippen molar-refractivity contribution in [3.8, 4) is 5.69 Å². The summed E-state index contributed by atoms with van der Waals surface area (Å²) in [4.78, 5) is 10.9. The minimum atomic E-state index is -0.680. The maximum atomic E-state index is 13.9. The van der Waals surface area contributed by atoms with Crippen LogP contribution in [0.25, 0.3) is 5.69 Å². The summed E-state index contributed by atoms with van der Waals surface area (Å²) in [6.07, 6.45) is 0.716. The van der Waals surface area contributed by atoms with Gasteiger partial charge in [0.2, 0.25) is 0 Å². The van der Waals surface area contributed by atoms with Crippen molar-refractivity contribution < 1.29 is 13.6 Å². The molecule has 0 N–H and O–H groups in total. The standard InChI is InChI=1S/C13H10BrF2NO/c1-7-3-9(6-18)8(2)17(7)13-11(14)4-10(15)5-12(13)16/h3-6H,1-2H3. The molecule has 94 valence electrons. The molecule has 5 heteroatoms. The highest BCUT2D eigenvalue weighted by atomic mass is 79.9. The van der Waals surface area contributed by atoms with Gasteiger partial charge < -0.3 is 4.57 Å². The predicted molar refractivity (Wildman–Crippen MR) is 68.2 cm³/mol. The van der Waals surface area contributed by atoms with Crippen LogP contribution >= 0.6 is 15.9 Å². The Morgan fingerprint density at radius 1 is 1.22 bits per heavy atom. The first kappa shape index (κ1) is 13.0. The van der Waals surface area contributed by atoms with E-state index in [0.29, 0.717) is 27.7 Å². The molecular formula is C13H10BrF2NO. The molecule has 1 aromatic heterocycles. The fourth-order valence-corrected chi connectivity index (χ4v) is 2.58. The van der Waals surface area contributed by atoms with Crippen LogP contribution in [-0.4, -0.2) is 10.9 Å². The van der Waals surface area contributed by atoms with Crippen molar-refractivity contribution in [2.75, 3.05) is 0 Å². The molecular weight excluding hydrogens is 304 g/mol. The van der Waals surface area contributed by atoms with Crippen LogP contribution in [-0.2, 0) is 0 Å². The van der Waals surface area contributed by atoms with E-state index in [4.69, 9.17) is 0 Å². The normalized spacial score (nSPS) is 10.7. The Morgan fingerprint density at radius 2 is 1.89 bits per heavy atom. The second-order valence-corrected chi connectivity index (χ2v) is 4.85. The van der Waals surface area contributed by atoms with Crippen LogP contribution in [0.4, 0.5) is 8.78 Å². The van der Waals surface area contributed by atoms with Crippen molar-refractivity contribution in [2.24, 2.45) is 0 Å². The first-order valence-corrected chi connectivity index (χ1v) is 6.04. The highest BCUT2D eigenvalue weighted by molar-refractivity contribution is 9.10. The molecule has 2 aromatic rings. The number of hydrogen-bond donors (Lipinski definition) is 0. The van der Waals surface area contributed by atoms with Crippen LogP contribution in [0.2, 0.25) is 0 Å². The molecule has 18 heavy (non-hydrogen) atoms. The summed E-state index contributed by atoms with van der Waals surface area (Å²) < 4.78 is 28.8. The molecule has 2 rings (SSSR count). The molecule has 0 saturated carbocycles. The van der Waals surface area contributed by atoms with Crippen LogP contribution in [0.5, 0.6) is 0 Å². The number of nitrogens with zero attached hydrogens (tertiary/aromatic N) is 1. The second-order valence-electron chi connectivity index (χ2n) is 4.00. The summed E-state index contributed by atoms with van der Waals surface area (Å²) in [5.74, 6) is -1.33. The average molecular weight is 314 g/mol. The lowest BCUT2D eigenvalue weighted by atomic mass is 10.2. The number of carbonyl (C=O) groups excluding carboxylic acids is 1. The SMILES string of the molecule is Cc1cc(C=O)c(C)n1-c1c(F)cc(F)cc1Br. The lowest BCUT2D eigenvalue weighted by Crippen LogP contribution is -2.04. The average Bonchev–Trinajstić information content (AvgIpc) is 2.55. The Labute approximate surface area is 111 Å². The Morgan fingerprint density at radius 3 is 2.39 bits per heavy atom. The summed E-state index contributed by atoms with van der Waals surface area (Å²) in [6, 6.07) is 3.68. The lowest BCUT2D eigenvalue weighted by Gasteiger charge is -2.13. The number of hydrogen-bond acceptors (Lipinski definition) is 1. The van der Waals surface area contributed by atoms with Crippen molar-refractivity contribution in [1.82, 2.24) is 4.57 Å². The number of carbonyl (C=O) groups is 1. The highest BCUT2D eigenvalue weighted by Crippen LogP contribution is 2.29. The van der Waals surface area contributed by atoms with Gasteiger partial charge in [-0.05, 0) is 41.9 Å². The van der Waals surface area contributed by atoms with Gasteiger partial charge in [-0.15, -0.1) is 0 Å². The number of benzene rings is 1. The molecule has 0 aliphatic carbocycles. The molecule has 1 heterocycles. The monoisotopic (exact) mass is 313 g/mol. The number of halogens is 3. The fraction of sp³-hybridized carbons (Fsp3) is 0.154. The summed E-state index contributed by atoms with van der Waals surface area (Å²) in [5, 5.41) is 0. The van der Waals surface area contributed by atoms with E-state index in [9.17, 15) is 13.6 Å². The van der Waals surface area contributed by atoms with Gasteiger partial charge in [0.1, 0.15) is 5.82 Å². The molecule has 0 amide bonds. The zero-order valence-corrected chi connectivity index (χ0v) is 11.4. The molecule has 0 bridgehead atoms. The van der Waals surface area contributed by atoms with Gasteiger partial charge in [0.05, 0.1) is 5.69 Å². The molecule has 0 radical (unpaired) electrons. The smallest absolute Gasteiger partial charge is 0.151 e. The minimum Gasteiger partial charge on any atom is -0.314 e. The quantitative estimate of drug-likeness (QED) is 0.769. The Balaban J connectivity index is 2.77. The summed E-state index contributed by atoms with van der Waals surface area (Å²) in [7, 11) is 0. The van der Waals surface area contributed by atoms with E-state index < -0.39 is 11.6 Å². The molecule has 2 nitrogen and oxygen atoms in total. The second kappa shape index (κ2) is 4.65. The van der Waals surface area contributed by atoms with Gasteiger partial charge in [0.15, 0.2) is 12.1 Å². The molecule has 0 fully saturated rings. The van der Waals surface area contributed by atoms with Gasteiger partial charge in [-0.2, -0.15) is 0 Å². The first-order valence-electron chi connectivity index (χ1n) is 5.24. The van der Waals surface area contributed by atoms with E-state index in [1.54, 1.807) is 24.5 Å². The van der Waals surface area contributed by atoms with E-state index >= 15 is 0 Å². The van der Waals surface area contributed by atoms with E-state index in [1.807, 2.05) is 0 Å². The van der Waals surface area contributed by atoms with Crippen molar-refractivity contribution in [3.05, 3.63) is 51.3 Å². The largest absolute Gasteiger partial charge is 0.314 e. The molecule has 0 unspecified atom stereocenters. The number of aldehydes is 1. The van der Waals surface area contributed by atoms with Crippen molar-refractivity contribution in [1.29, 1.82) is 0 Å². The zero-order valence-electron chi connectivity index (χ0n) is 9.80. The first-order chi connectivity index (χ1) is 8.45. The van der Waals surface area contributed by atoms with E-state index in [0.717, 1.165) is 6.07 Å². The van der Waals surface area contributed by atoms with Crippen LogP contribution < -0.4 is 0 Å². The number of rotatable bonds is 2. The Hall–Kier alpha value is -1.49. The minimum absolute atomic E-state index is 0.208. The predicted octanol–water partition coefficient (Wildman–Crippen LogP) is 3.95. The van der Waals surface area contributed by atoms with E-state index in [2.05, 4.69) is 15.9 Å². The molecule has 0 spiro atoms. The van der Waals surface area contributed by atoms with Crippen molar-refractivity contribution in [3.63, 3.8) is 0 Å². The maximum absolute atomic E-state index is 13.9. The van der Waals surface area contributed by atoms with Crippen LogP contribution in [0, 0.1) is 25.5 Å². The third kappa shape index (κ3) is 1.99. The molecule has 1 aromatic carbocycles.